The van der Waals surface area contributed by atoms with Gasteiger partial charge in [0.2, 0.25) is 10.0 Å². The lowest BCUT2D eigenvalue weighted by Crippen LogP contribution is -2.26. The second-order valence-electron chi connectivity index (χ2n) is 7.43. The minimum atomic E-state index is -3.70. The van der Waals surface area contributed by atoms with Crippen molar-refractivity contribution in [3.63, 3.8) is 0 Å². The first kappa shape index (κ1) is 23.7. The Balaban J connectivity index is 1.73. The molecule has 170 valence electrons. The molecule has 0 aliphatic heterocycles. The monoisotopic (exact) mass is 454 g/mol. The first-order valence-corrected chi connectivity index (χ1v) is 12.2. The normalized spacial score (nSPS) is 11.7. The van der Waals surface area contributed by atoms with Gasteiger partial charge >= 0.3 is 0 Å². The molecule has 0 saturated heterocycles. The maximum Gasteiger partial charge on any atom is 0.255 e. The van der Waals surface area contributed by atoms with Crippen LogP contribution in [0.5, 0.6) is 0 Å². The zero-order valence-corrected chi connectivity index (χ0v) is 19.4. The number of hydrogen-bond acceptors (Lipinski definition) is 4. The summed E-state index contributed by atoms with van der Waals surface area (Å²) in [5, 5.41) is 3.90. The maximum absolute atomic E-state index is 12.7. The topological polar surface area (TPSA) is 83.4 Å². The molecule has 0 bridgehead atoms. The Bertz CT molecular complexity index is 1200. The fourth-order valence-electron chi connectivity index (χ4n) is 3.52. The fraction of sp³-hybridized carbons (Fsp3) is 0.292. The molecule has 0 spiro atoms. The van der Waals surface area contributed by atoms with Crippen molar-refractivity contribution in [1.82, 2.24) is 14.2 Å². The highest BCUT2D eigenvalue weighted by Crippen LogP contribution is 2.22. The van der Waals surface area contributed by atoms with Gasteiger partial charge in [0.05, 0.1) is 4.90 Å². The molecule has 2 N–H and O–H groups in total. The highest BCUT2D eigenvalue weighted by molar-refractivity contribution is 7.89. The first-order valence-electron chi connectivity index (χ1n) is 10.7. The van der Waals surface area contributed by atoms with Crippen molar-refractivity contribution >= 4 is 32.5 Å². The van der Waals surface area contributed by atoms with Crippen molar-refractivity contribution in [2.24, 2.45) is 0 Å². The summed E-state index contributed by atoms with van der Waals surface area (Å²) in [5.74, 6) is -0.369. The van der Waals surface area contributed by atoms with Crippen molar-refractivity contribution in [2.45, 2.75) is 25.3 Å². The van der Waals surface area contributed by atoms with E-state index in [1.165, 1.54) is 18.2 Å². The molecule has 0 radical (unpaired) electrons. The van der Waals surface area contributed by atoms with Crippen molar-refractivity contribution in [2.75, 3.05) is 31.5 Å². The Hall–Kier alpha value is -2.94. The fourth-order valence-corrected chi connectivity index (χ4v) is 4.57. The van der Waals surface area contributed by atoms with Crippen LogP contribution >= 0.6 is 0 Å². The van der Waals surface area contributed by atoms with Crippen LogP contribution in [0.3, 0.4) is 0 Å². The van der Waals surface area contributed by atoms with Gasteiger partial charge < -0.3 is 14.8 Å². The number of sulfonamides is 1. The Labute approximate surface area is 189 Å². The predicted octanol–water partition coefficient (Wildman–Crippen LogP) is 3.70. The Morgan fingerprint density at radius 1 is 1.12 bits per heavy atom. The highest BCUT2D eigenvalue weighted by atomic mass is 32.2. The van der Waals surface area contributed by atoms with E-state index in [0.29, 0.717) is 5.69 Å². The molecule has 1 heterocycles. The predicted molar refractivity (Wildman–Crippen MR) is 130 cm³/mol. The standard InChI is InChI=1S/C24H30N4O3S/c1-4-13-25-32(30,31)22-9-7-8-20(18-22)24(29)26-21-10-11-23-19(17-21)12-14-28(23)16-15-27(5-2)6-3/h4,7-12,14,17-18,25H,1,5-6,13,15-16H2,2-3H3,(H,26,29). The van der Waals surface area contributed by atoms with Crippen LogP contribution in [-0.4, -0.2) is 50.0 Å². The van der Waals surface area contributed by atoms with E-state index in [2.05, 4.69) is 46.1 Å². The molecule has 0 aliphatic rings. The van der Waals surface area contributed by atoms with Gasteiger partial charge in [0.15, 0.2) is 0 Å². The first-order chi connectivity index (χ1) is 15.4. The largest absolute Gasteiger partial charge is 0.346 e. The summed E-state index contributed by atoms with van der Waals surface area (Å²) in [6.07, 6.45) is 3.52. The minimum absolute atomic E-state index is 0.0349. The van der Waals surface area contributed by atoms with Crippen molar-refractivity contribution < 1.29 is 13.2 Å². The van der Waals surface area contributed by atoms with E-state index in [-0.39, 0.29) is 22.9 Å². The van der Waals surface area contributed by atoms with E-state index >= 15 is 0 Å². The number of amides is 1. The number of anilines is 1. The van der Waals surface area contributed by atoms with E-state index in [4.69, 9.17) is 0 Å². The number of carbonyl (C=O) groups is 1. The zero-order chi connectivity index (χ0) is 23.1. The number of nitrogens with zero attached hydrogens (tertiary/aromatic N) is 2. The van der Waals surface area contributed by atoms with E-state index in [0.717, 1.165) is 37.1 Å². The van der Waals surface area contributed by atoms with Gasteiger partial charge in [0.1, 0.15) is 0 Å². The van der Waals surface area contributed by atoms with Gasteiger partial charge in [0, 0.05) is 48.0 Å². The molecule has 8 heteroatoms. The Morgan fingerprint density at radius 3 is 2.62 bits per heavy atom. The van der Waals surface area contributed by atoms with Crippen molar-refractivity contribution in [3.8, 4) is 0 Å². The van der Waals surface area contributed by atoms with Crippen LogP contribution in [0.15, 0.2) is 72.3 Å². The smallest absolute Gasteiger partial charge is 0.255 e. The molecule has 1 aromatic heterocycles. The van der Waals surface area contributed by atoms with Gasteiger partial charge in [-0.3, -0.25) is 4.79 Å². The molecule has 0 fully saturated rings. The lowest BCUT2D eigenvalue weighted by Gasteiger charge is -2.18. The summed E-state index contributed by atoms with van der Waals surface area (Å²) in [6, 6.07) is 13.8. The molecular weight excluding hydrogens is 424 g/mol. The second-order valence-corrected chi connectivity index (χ2v) is 9.20. The van der Waals surface area contributed by atoms with Gasteiger partial charge in [-0.05, 0) is 55.6 Å². The Morgan fingerprint density at radius 2 is 1.91 bits per heavy atom. The number of hydrogen-bond donors (Lipinski definition) is 2. The van der Waals surface area contributed by atoms with E-state index in [1.807, 2.05) is 24.3 Å². The summed E-state index contributed by atoms with van der Waals surface area (Å²) in [6.45, 7) is 11.9. The molecule has 1 amide bonds. The van der Waals surface area contributed by atoms with Gasteiger partial charge in [0.25, 0.3) is 5.91 Å². The number of rotatable bonds is 11. The van der Waals surface area contributed by atoms with Crippen LogP contribution in [0.4, 0.5) is 5.69 Å². The Kier molecular flexibility index (Phi) is 7.84. The number of aromatic nitrogens is 1. The molecule has 32 heavy (non-hydrogen) atoms. The number of benzene rings is 2. The quantitative estimate of drug-likeness (QED) is 0.433. The molecule has 0 aliphatic carbocycles. The van der Waals surface area contributed by atoms with Crippen LogP contribution in [0.2, 0.25) is 0 Å². The molecule has 0 unspecified atom stereocenters. The third kappa shape index (κ3) is 5.64. The van der Waals surface area contributed by atoms with Gasteiger partial charge in [-0.2, -0.15) is 0 Å². The summed E-state index contributed by atoms with van der Waals surface area (Å²) < 4.78 is 29.2. The van der Waals surface area contributed by atoms with E-state index in [9.17, 15) is 13.2 Å². The maximum atomic E-state index is 12.7. The second kappa shape index (κ2) is 10.6. The number of fused-ring (bicyclic) bond motifs is 1. The molecule has 7 nitrogen and oxygen atoms in total. The van der Waals surface area contributed by atoms with E-state index < -0.39 is 10.0 Å². The van der Waals surface area contributed by atoms with Crippen LogP contribution < -0.4 is 10.0 Å². The van der Waals surface area contributed by atoms with E-state index in [1.54, 1.807) is 12.1 Å². The molecule has 2 aromatic carbocycles. The van der Waals surface area contributed by atoms with Gasteiger partial charge in [-0.1, -0.05) is 26.0 Å². The van der Waals surface area contributed by atoms with Crippen LogP contribution in [0.1, 0.15) is 24.2 Å². The highest BCUT2D eigenvalue weighted by Gasteiger charge is 2.16. The summed E-state index contributed by atoms with van der Waals surface area (Å²) in [7, 11) is -3.70. The SMILES string of the molecule is C=CCNS(=O)(=O)c1cccc(C(=O)Nc2ccc3c(ccn3CCN(CC)CC)c2)c1. The third-order valence-corrected chi connectivity index (χ3v) is 6.83. The summed E-state index contributed by atoms with van der Waals surface area (Å²) in [5.41, 5.74) is 2.03. The molecule has 3 aromatic rings. The number of likely N-dealkylation sites (N-methyl/N-ethyl adjacent to an activating group) is 1. The third-order valence-electron chi connectivity index (χ3n) is 5.40. The van der Waals surface area contributed by atoms with Crippen LogP contribution in [0.25, 0.3) is 10.9 Å². The zero-order valence-electron chi connectivity index (χ0n) is 18.5. The minimum Gasteiger partial charge on any atom is -0.346 e. The molecule has 3 rings (SSSR count). The lowest BCUT2D eigenvalue weighted by molar-refractivity contribution is 0.102. The number of carbonyl (C=O) groups excluding carboxylic acids is 1. The van der Waals surface area contributed by atoms with Gasteiger partial charge in [-0.15, -0.1) is 6.58 Å². The number of nitrogens with one attached hydrogen (secondary N) is 2. The average Bonchev–Trinajstić information content (AvgIpc) is 3.20. The average molecular weight is 455 g/mol. The van der Waals surface area contributed by atoms with Crippen LogP contribution in [0, 0.1) is 0 Å². The molecule has 0 saturated carbocycles. The van der Waals surface area contributed by atoms with Crippen molar-refractivity contribution in [1.29, 1.82) is 0 Å². The lowest BCUT2D eigenvalue weighted by atomic mass is 10.2. The van der Waals surface area contributed by atoms with Crippen LogP contribution in [-0.2, 0) is 16.6 Å². The molecule has 0 atom stereocenters. The van der Waals surface area contributed by atoms with Gasteiger partial charge in [-0.25, -0.2) is 13.1 Å². The summed E-state index contributed by atoms with van der Waals surface area (Å²) >= 11 is 0. The molecular formula is C24H30N4O3S. The summed E-state index contributed by atoms with van der Waals surface area (Å²) in [4.78, 5) is 15.2. The van der Waals surface area contributed by atoms with Crippen molar-refractivity contribution in [3.05, 3.63) is 72.9 Å².